The smallest absolute Gasteiger partial charge is 0.372 e. The zero-order valence-corrected chi connectivity index (χ0v) is 16.5. The van der Waals surface area contributed by atoms with Gasteiger partial charge in [0.15, 0.2) is 0 Å². The molecule has 0 saturated carbocycles. The molecule has 1 rings (SSSR count). The fourth-order valence-corrected chi connectivity index (χ4v) is 6.49. The topological polar surface area (TPSA) is 18.5 Å². The Hall–Kier alpha value is -0.643. The highest BCUT2D eigenvalue weighted by Gasteiger charge is 2.38. The van der Waals surface area contributed by atoms with Crippen molar-refractivity contribution in [3.8, 4) is 0 Å². The molecule has 23 heavy (non-hydrogen) atoms. The number of hydrogen-bond acceptors (Lipinski definition) is 2. The number of unbranched alkanes of at least 4 members (excludes halogenated alkanes) is 7. The van der Waals surface area contributed by atoms with E-state index in [9.17, 15) is 0 Å². The second-order valence-electron chi connectivity index (χ2n) is 6.21. The van der Waals surface area contributed by atoms with Crippen molar-refractivity contribution in [3.05, 3.63) is 30.3 Å². The third-order valence-corrected chi connectivity index (χ3v) is 8.06. The first kappa shape index (κ1) is 20.4. The lowest BCUT2D eigenvalue weighted by Gasteiger charge is -2.30. The van der Waals surface area contributed by atoms with Crippen molar-refractivity contribution in [1.29, 1.82) is 0 Å². The second kappa shape index (κ2) is 12.7. The first-order valence-corrected chi connectivity index (χ1v) is 11.6. The molecule has 0 aliphatic rings. The highest BCUT2D eigenvalue weighted by atomic mass is 28.4. The summed E-state index contributed by atoms with van der Waals surface area (Å²) in [4.78, 5) is 0. The van der Waals surface area contributed by atoms with E-state index in [-0.39, 0.29) is 0 Å². The van der Waals surface area contributed by atoms with E-state index < -0.39 is 8.56 Å². The summed E-state index contributed by atoms with van der Waals surface area (Å²) < 4.78 is 12.5. The molecule has 0 aliphatic carbocycles. The minimum atomic E-state index is -2.25. The van der Waals surface area contributed by atoms with Crippen LogP contribution < -0.4 is 5.19 Å². The molecule has 0 aromatic heterocycles. The quantitative estimate of drug-likeness (QED) is 0.327. The van der Waals surface area contributed by atoms with Crippen LogP contribution in [0.4, 0.5) is 0 Å². The molecule has 0 radical (unpaired) electrons. The third kappa shape index (κ3) is 7.64. The van der Waals surface area contributed by atoms with Gasteiger partial charge in [0.1, 0.15) is 0 Å². The molecule has 0 amide bonds. The van der Waals surface area contributed by atoms with Gasteiger partial charge in [-0.2, -0.15) is 0 Å². The Bertz CT molecular complexity index is 374. The van der Waals surface area contributed by atoms with Crippen LogP contribution in [0.15, 0.2) is 30.3 Å². The highest BCUT2D eigenvalue weighted by molar-refractivity contribution is 6.81. The molecule has 0 bridgehead atoms. The number of benzene rings is 1. The van der Waals surface area contributed by atoms with Crippen molar-refractivity contribution in [2.24, 2.45) is 0 Å². The lowest BCUT2D eigenvalue weighted by atomic mass is 10.1. The predicted octanol–water partition coefficient (Wildman–Crippen LogP) is 5.55. The van der Waals surface area contributed by atoms with E-state index in [0.29, 0.717) is 0 Å². The van der Waals surface area contributed by atoms with Gasteiger partial charge in [0.2, 0.25) is 0 Å². The first-order chi connectivity index (χ1) is 11.3. The Morgan fingerprint density at radius 3 is 1.74 bits per heavy atom. The third-order valence-electron chi connectivity index (χ3n) is 4.33. The summed E-state index contributed by atoms with van der Waals surface area (Å²) in [5.74, 6) is 0. The van der Waals surface area contributed by atoms with Gasteiger partial charge in [0.05, 0.1) is 0 Å². The maximum atomic E-state index is 6.23. The summed E-state index contributed by atoms with van der Waals surface area (Å²) in [6.07, 6.45) is 10.8. The van der Waals surface area contributed by atoms with Crippen LogP contribution >= 0.6 is 0 Å². The minimum Gasteiger partial charge on any atom is -0.391 e. The summed E-state index contributed by atoms with van der Waals surface area (Å²) in [7, 11) is -2.25. The molecule has 3 heteroatoms. The Balaban J connectivity index is 2.47. The average molecular weight is 337 g/mol. The fraction of sp³-hybridized carbons (Fsp3) is 0.700. The van der Waals surface area contributed by atoms with Crippen LogP contribution in [0.25, 0.3) is 0 Å². The van der Waals surface area contributed by atoms with Gasteiger partial charge in [-0.3, -0.25) is 0 Å². The van der Waals surface area contributed by atoms with Crippen LogP contribution in [0.5, 0.6) is 0 Å². The van der Waals surface area contributed by atoms with Crippen LogP contribution in [-0.4, -0.2) is 21.8 Å². The number of hydrogen-bond donors (Lipinski definition) is 0. The lowest BCUT2D eigenvalue weighted by molar-refractivity contribution is 0.194. The van der Waals surface area contributed by atoms with Crippen LogP contribution in [0.3, 0.4) is 0 Å². The van der Waals surface area contributed by atoms with Gasteiger partial charge < -0.3 is 8.85 Å². The Kier molecular flexibility index (Phi) is 11.3. The van der Waals surface area contributed by atoms with E-state index in [4.69, 9.17) is 8.85 Å². The molecule has 0 aliphatic heterocycles. The van der Waals surface area contributed by atoms with Crippen molar-refractivity contribution >= 4 is 13.7 Å². The van der Waals surface area contributed by atoms with Crippen LogP contribution in [-0.2, 0) is 8.85 Å². The zero-order valence-electron chi connectivity index (χ0n) is 15.5. The van der Waals surface area contributed by atoms with E-state index >= 15 is 0 Å². The maximum absolute atomic E-state index is 6.23. The van der Waals surface area contributed by atoms with Gasteiger partial charge in [-0.05, 0) is 25.1 Å². The average Bonchev–Trinajstić information content (AvgIpc) is 2.58. The van der Waals surface area contributed by atoms with E-state index in [1.54, 1.807) is 0 Å². The standard InChI is InChI=1S/C20H36O2Si/c1-4-7-8-9-10-11-12-16-19-23(21-5-2,22-6-3)20-17-14-13-15-18-20/h13-15,17-18H,4-12,16,19H2,1-3H3. The SMILES string of the molecule is CCCCCCCCCC[Si](OCC)(OCC)c1ccccc1. The number of rotatable bonds is 14. The molecule has 0 fully saturated rings. The molecule has 0 saturated heterocycles. The van der Waals surface area contributed by atoms with E-state index in [1.807, 2.05) is 0 Å². The van der Waals surface area contributed by atoms with Crippen molar-refractivity contribution in [2.75, 3.05) is 13.2 Å². The summed E-state index contributed by atoms with van der Waals surface area (Å²) >= 11 is 0. The molecular formula is C20H36O2Si. The van der Waals surface area contributed by atoms with E-state index in [0.717, 1.165) is 19.3 Å². The van der Waals surface area contributed by atoms with E-state index in [1.165, 1.54) is 56.6 Å². The molecule has 2 nitrogen and oxygen atoms in total. The van der Waals surface area contributed by atoms with Crippen LogP contribution in [0.2, 0.25) is 6.04 Å². The second-order valence-corrected chi connectivity index (χ2v) is 9.37. The minimum absolute atomic E-state index is 0.734. The summed E-state index contributed by atoms with van der Waals surface area (Å²) in [6, 6.07) is 11.7. The van der Waals surface area contributed by atoms with Crippen molar-refractivity contribution in [2.45, 2.75) is 78.2 Å². The summed E-state index contributed by atoms with van der Waals surface area (Å²) in [5.41, 5.74) is 0. The molecule has 0 heterocycles. The molecule has 1 aromatic carbocycles. The van der Waals surface area contributed by atoms with Gasteiger partial charge in [-0.15, -0.1) is 0 Å². The van der Waals surface area contributed by atoms with Crippen molar-refractivity contribution in [3.63, 3.8) is 0 Å². The lowest BCUT2D eigenvalue weighted by Crippen LogP contribution is -2.53. The molecule has 1 aromatic rings. The van der Waals surface area contributed by atoms with E-state index in [2.05, 4.69) is 51.1 Å². The normalized spacial score (nSPS) is 11.8. The van der Waals surface area contributed by atoms with Crippen molar-refractivity contribution in [1.82, 2.24) is 0 Å². The highest BCUT2D eigenvalue weighted by Crippen LogP contribution is 2.20. The van der Waals surface area contributed by atoms with Gasteiger partial charge >= 0.3 is 8.56 Å². The molecule has 0 N–H and O–H groups in total. The Morgan fingerprint density at radius 1 is 0.696 bits per heavy atom. The van der Waals surface area contributed by atoms with Crippen LogP contribution in [0, 0.1) is 0 Å². The monoisotopic (exact) mass is 336 g/mol. The predicted molar refractivity (Wildman–Crippen MR) is 102 cm³/mol. The summed E-state index contributed by atoms with van der Waals surface area (Å²) in [5, 5.41) is 1.28. The molecular weight excluding hydrogens is 300 g/mol. The zero-order chi connectivity index (χ0) is 16.8. The first-order valence-electron chi connectivity index (χ1n) is 9.62. The fourth-order valence-electron chi connectivity index (χ4n) is 3.15. The Morgan fingerprint density at radius 2 is 1.22 bits per heavy atom. The maximum Gasteiger partial charge on any atom is 0.372 e. The molecule has 0 atom stereocenters. The van der Waals surface area contributed by atoms with Gasteiger partial charge in [-0.25, -0.2) is 0 Å². The Labute approximate surface area is 144 Å². The van der Waals surface area contributed by atoms with Gasteiger partial charge in [0, 0.05) is 13.2 Å². The van der Waals surface area contributed by atoms with Crippen molar-refractivity contribution < 1.29 is 8.85 Å². The van der Waals surface area contributed by atoms with Gasteiger partial charge in [-0.1, -0.05) is 88.6 Å². The van der Waals surface area contributed by atoms with Gasteiger partial charge in [0.25, 0.3) is 0 Å². The molecule has 132 valence electrons. The molecule has 0 unspecified atom stereocenters. The van der Waals surface area contributed by atoms with Crippen LogP contribution in [0.1, 0.15) is 72.1 Å². The largest absolute Gasteiger partial charge is 0.391 e. The summed E-state index contributed by atoms with van der Waals surface area (Å²) in [6.45, 7) is 7.90. The molecule has 0 spiro atoms.